The van der Waals surface area contributed by atoms with Crippen molar-refractivity contribution in [1.82, 2.24) is 15.5 Å². The molecule has 0 atom stereocenters. The largest absolute Gasteiger partial charge is 0.384 e. The fourth-order valence-electron chi connectivity index (χ4n) is 3.02. The SMILES string of the molecule is CC(C)c1ccc(CC(=O)N[C@H]2C[C@@H](c3cc(N)[nH]n3)C2)cc1. The number of carbonyl (C=O) groups excluding carboxylic acids is 1. The Balaban J connectivity index is 1.45. The molecule has 0 unspecified atom stereocenters. The van der Waals surface area contributed by atoms with Crippen LogP contribution in [-0.4, -0.2) is 22.1 Å². The van der Waals surface area contributed by atoms with Gasteiger partial charge in [0.25, 0.3) is 0 Å². The third kappa shape index (κ3) is 3.73. The van der Waals surface area contributed by atoms with Gasteiger partial charge in [0.2, 0.25) is 5.91 Å². The number of nitrogens with zero attached hydrogens (tertiary/aromatic N) is 1. The number of aromatic amines is 1. The van der Waals surface area contributed by atoms with Gasteiger partial charge in [0.15, 0.2) is 0 Å². The fraction of sp³-hybridized carbons (Fsp3) is 0.444. The zero-order chi connectivity index (χ0) is 16.4. The van der Waals surface area contributed by atoms with E-state index in [2.05, 4.69) is 41.5 Å². The first kappa shape index (κ1) is 15.6. The molecule has 1 aromatic heterocycles. The molecule has 1 saturated carbocycles. The summed E-state index contributed by atoms with van der Waals surface area (Å²) >= 11 is 0. The summed E-state index contributed by atoms with van der Waals surface area (Å²) in [6, 6.07) is 10.4. The number of rotatable bonds is 5. The molecule has 23 heavy (non-hydrogen) atoms. The van der Waals surface area contributed by atoms with Crippen molar-refractivity contribution >= 4 is 11.7 Å². The molecule has 1 aliphatic rings. The number of nitrogens with one attached hydrogen (secondary N) is 2. The van der Waals surface area contributed by atoms with Crippen LogP contribution in [0.15, 0.2) is 30.3 Å². The van der Waals surface area contributed by atoms with Crippen molar-refractivity contribution in [2.24, 2.45) is 0 Å². The molecule has 4 N–H and O–H groups in total. The lowest BCUT2D eigenvalue weighted by Crippen LogP contribution is -2.44. The number of amides is 1. The summed E-state index contributed by atoms with van der Waals surface area (Å²) in [7, 11) is 0. The van der Waals surface area contributed by atoms with Gasteiger partial charge in [-0.1, -0.05) is 38.1 Å². The number of benzene rings is 1. The number of hydrogen-bond donors (Lipinski definition) is 3. The number of nitrogen functional groups attached to an aromatic ring is 1. The first-order chi connectivity index (χ1) is 11.0. The lowest BCUT2D eigenvalue weighted by Gasteiger charge is -2.34. The Bertz CT molecular complexity index is 669. The molecule has 1 amide bonds. The third-order valence-corrected chi connectivity index (χ3v) is 4.55. The zero-order valence-electron chi connectivity index (χ0n) is 13.7. The highest BCUT2D eigenvalue weighted by molar-refractivity contribution is 5.79. The van der Waals surface area contributed by atoms with Gasteiger partial charge in [-0.25, -0.2) is 0 Å². The van der Waals surface area contributed by atoms with Crippen molar-refractivity contribution in [3.8, 4) is 0 Å². The average Bonchev–Trinajstić information content (AvgIpc) is 2.89. The highest BCUT2D eigenvalue weighted by atomic mass is 16.1. The maximum atomic E-state index is 12.1. The summed E-state index contributed by atoms with van der Waals surface area (Å²) in [6.45, 7) is 4.34. The van der Waals surface area contributed by atoms with Crippen molar-refractivity contribution in [3.63, 3.8) is 0 Å². The minimum Gasteiger partial charge on any atom is -0.384 e. The molecule has 0 radical (unpaired) electrons. The molecule has 1 heterocycles. The van der Waals surface area contributed by atoms with E-state index in [1.165, 1.54) is 5.56 Å². The number of aromatic nitrogens is 2. The van der Waals surface area contributed by atoms with Gasteiger partial charge in [-0.15, -0.1) is 0 Å². The monoisotopic (exact) mass is 312 g/mol. The van der Waals surface area contributed by atoms with Crippen LogP contribution in [0, 0.1) is 0 Å². The second kappa shape index (κ2) is 6.44. The Morgan fingerprint density at radius 1 is 1.35 bits per heavy atom. The Hall–Kier alpha value is -2.30. The maximum absolute atomic E-state index is 12.1. The van der Waals surface area contributed by atoms with Crippen molar-refractivity contribution in [2.75, 3.05) is 5.73 Å². The molecule has 1 aliphatic carbocycles. The highest BCUT2D eigenvalue weighted by Crippen LogP contribution is 2.36. The molecule has 2 aromatic rings. The van der Waals surface area contributed by atoms with Crippen LogP contribution in [0.2, 0.25) is 0 Å². The van der Waals surface area contributed by atoms with Crippen LogP contribution in [0.4, 0.5) is 5.82 Å². The van der Waals surface area contributed by atoms with Gasteiger partial charge < -0.3 is 11.1 Å². The summed E-state index contributed by atoms with van der Waals surface area (Å²) in [5.74, 6) is 1.60. The molecule has 1 aromatic carbocycles. The predicted octanol–water partition coefficient (Wildman–Crippen LogP) is 2.72. The van der Waals surface area contributed by atoms with Crippen LogP contribution >= 0.6 is 0 Å². The van der Waals surface area contributed by atoms with Gasteiger partial charge in [0.1, 0.15) is 5.82 Å². The van der Waals surface area contributed by atoms with Crippen LogP contribution in [0.3, 0.4) is 0 Å². The van der Waals surface area contributed by atoms with Crippen LogP contribution in [0.5, 0.6) is 0 Å². The summed E-state index contributed by atoms with van der Waals surface area (Å²) in [6.07, 6.45) is 2.31. The molecular formula is C18H24N4O. The molecule has 0 aliphatic heterocycles. The van der Waals surface area contributed by atoms with E-state index in [1.54, 1.807) is 0 Å². The van der Waals surface area contributed by atoms with Gasteiger partial charge in [-0.3, -0.25) is 9.89 Å². The van der Waals surface area contributed by atoms with E-state index in [-0.39, 0.29) is 11.9 Å². The van der Waals surface area contributed by atoms with Crippen LogP contribution < -0.4 is 11.1 Å². The quantitative estimate of drug-likeness (QED) is 0.793. The van der Waals surface area contributed by atoms with Crippen LogP contribution in [0.25, 0.3) is 0 Å². The summed E-state index contributed by atoms with van der Waals surface area (Å²) in [5.41, 5.74) is 8.99. The molecule has 0 bridgehead atoms. The third-order valence-electron chi connectivity index (χ3n) is 4.55. The van der Waals surface area contributed by atoms with E-state index in [0.717, 1.165) is 24.1 Å². The smallest absolute Gasteiger partial charge is 0.224 e. The molecule has 122 valence electrons. The zero-order valence-corrected chi connectivity index (χ0v) is 13.7. The molecule has 5 nitrogen and oxygen atoms in total. The van der Waals surface area contributed by atoms with Gasteiger partial charge in [0, 0.05) is 18.0 Å². The van der Waals surface area contributed by atoms with E-state index in [4.69, 9.17) is 5.73 Å². The summed E-state index contributed by atoms with van der Waals surface area (Å²) in [4.78, 5) is 12.1. The number of H-pyrrole nitrogens is 1. The number of hydrogen-bond acceptors (Lipinski definition) is 3. The van der Waals surface area contributed by atoms with E-state index in [9.17, 15) is 4.79 Å². The Kier molecular flexibility index (Phi) is 4.37. The minimum atomic E-state index is 0.0901. The molecule has 1 fully saturated rings. The standard InChI is InChI=1S/C18H24N4O/c1-11(2)13-5-3-12(4-6-13)7-18(23)20-15-8-14(9-15)16-10-17(19)22-21-16/h3-6,10-11,14-15H,7-9H2,1-2H3,(H,20,23)(H3,19,21,22)/t14-,15+. The maximum Gasteiger partial charge on any atom is 0.224 e. The average molecular weight is 312 g/mol. The van der Waals surface area contributed by atoms with Crippen molar-refractivity contribution < 1.29 is 4.79 Å². The number of anilines is 1. The number of nitrogens with two attached hydrogens (primary N) is 1. The van der Waals surface area contributed by atoms with Gasteiger partial charge in [-0.05, 0) is 29.9 Å². The predicted molar refractivity (Wildman–Crippen MR) is 91.1 cm³/mol. The van der Waals surface area contributed by atoms with Gasteiger partial charge in [0.05, 0.1) is 12.1 Å². The Morgan fingerprint density at radius 3 is 2.61 bits per heavy atom. The summed E-state index contributed by atoms with van der Waals surface area (Å²) in [5, 5.41) is 10.0. The first-order valence-electron chi connectivity index (χ1n) is 8.20. The van der Waals surface area contributed by atoms with Crippen molar-refractivity contribution in [3.05, 3.63) is 47.2 Å². The minimum absolute atomic E-state index is 0.0901. The van der Waals surface area contributed by atoms with Crippen molar-refractivity contribution in [1.29, 1.82) is 0 Å². The lowest BCUT2D eigenvalue weighted by molar-refractivity contribution is -0.121. The topological polar surface area (TPSA) is 83.8 Å². The fourth-order valence-corrected chi connectivity index (χ4v) is 3.02. The number of carbonyl (C=O) groups is 1. The molecule has 5 heteroatoms. The Morgan fingerprint density at radius 2 is 2.04 bits per heavy atom. The van der Waals surface area contributed by atoms with Gasteiger partial charge >= 0.3 is 0 Å². The van der Waals surface area contributed by atoms with Crippen molar-refractivity contribution in [2.45, 2.75) is 51.0 Å². The molecular weight excluding hydrogens is 288 g/mol. The lowest BCUT2D eigenvalue weighted by atomic mass is 9.78. The normalized spacial score (nSPS) is 20.3. The molecule has 0 saturated heterocycles. The van der Waals surface area contributed by atoms with E-state index in [1.807, 2.05) is 18.2 Å². The van der Waals surface area contributed by atoms with Crippen LogP contribution in [-0.2, 0) is 11.2 Å². The van der Waals surface area contributed by atoms with Gasteiger partial charge in [-0.2, -0.15) is 5.10 Å². The second-order valence-electron chi connectivity index (χ2n) is 6.75. The van der Waals surface area contributed by atoms with Crippen LogP contribution in [0.1, 0.15) is 55.3 Å². The molecule has 0 spiro atoms. The highest BCUT2D eigenvalue weighted by Gasteiger charge is 2.32. The second-order valence-corrected chi connectivity index (χ2v) is 6.75. The van der Waals surface area contributed by atoms with E-state index >= 15 is 0 Å². The van der Waals surface area contributed by atoms with E-state index in [0.29, 0.717) is 24.1 Å². The summed E-state index contributed by atoms with van der Waals surface area (Å²) < 4.78 is 0. The molecule has 3 rings (SSSR count). The van der Waals surface area contributed by atoms with E-state index < -0.39 is 0 Å². The first-order valence-corrected chi connectivity index (χ1v) is 8.20. The Labute approximate surface area is 136 Å².